The zero-order valence-corrected chi connectivity index (χ0v) is 12.3. The lowest BCUT2D eigenvalue weighted by atomic mass is 10.1. The van der Waals surface area contributed by atoms with Crippen LogP contribution < -0.4 is 4.74 Å². The van der Waals surface area contributed by atoms with Gasteiger partial charge in [-0.1, -0.05) is 0 Å². The molecule has 0 unspecified atom stereocenters. The number of non-ortho nitro benzene ring substituents is 1. The predicted octanol–water partition coefficient (Wildman–Crippen LogP) is 2.54. The number of hydrogen-bond acceptors (Lipinski definition) is 6. The molecule has 0 aliphatic carbocycles. The van der Waals surface area contributed by atoms with E-state index in [9.17, 15) is 24.1 Å². The molecule has 0 aliphatic heterocycles. The van der Waals surface area contributed by atoms with Gasteiger partial charge in [0.25, 0.3) is 5.69 Å². The molecule has 124 valence electrons. The van der Waals surface area contributed by atoms with Gasteiger partial charge in [-0.05, 0) is 36.4 Å². The Hall–Kier alpha value is -3.29. The van der Waals surface area contributed by atoms with Gasteiger partial charge >= 0.3 is 5.97 Å². The summed E-state index contributed by atoms with van der Waals surface area (Å²) in [5.41, 5.74) is 0.121. The number of nitro benzene ring substituents is 1. The molecule has 7 nitrogen and oxygen atoms in total. The van der Waals surface area contributed by atoms with E-state index in [0.29, 0.717) is 0 Å². The van der Waals surface area contributed by atoms with Crippen LogP contribution in [0.15, 0.2) is 48.5 Å². The molecular formula is C16H12FNO6. The minimum atomic E-state index is -0.774. The van der Waals surface area contributed by atoms with E-state index in [1.54, 1.807) is 0 Å². The van der Waals surface area contributed by atoms with Crippen LogP contribution in [0.25, 0.3) is 0 Å². The van der Waals surface area contributed by atoms with Crippen molar-refractivity contribution in [1.29, 1.82) is 0 Å². The molecular weight excluding hydrogens is 321 g/mol. The maximum Gasteiger partial charge on any atom is 0.344 e. The summed E-state index contributed by atoms with van der Waals surface area (Å²) in [5.74, 6) is -1.47. The van der Waals surface area contributed by atoms with Gasteiger partial charge in [-0.2, -0.15) is 0 Å². The Kier molecular flexibility index (Phi) is 5.56. The summed E-state index contributed by atoms with van der Waals surface area (Å²) in [6, 6.07) is 10.00. The predicted molar refractivity (Wildman–Crippen MR) is 80.3 cm³/mol. The maximum atomic E-state index is 12.7. The fraction of sp³-hybridized carbons (Fsp3) is 0.125. The molecule has 0 fully saturated rings. The third kappa shape index (κ3) is 4.87. The topological polar surface area (TPSA) is 95.7 Å². The first kappa shape index (κ1) is 17.1. The molecule has 0 N–H and O–H groups in total. The number of carbonyl (C=O) groups excluding carboxylic acids is 2. The molecule has 0 bridgehead atoms. The van der Waals surface area contributed by atoms with Gasteiger partial charge in [-0.25, -0.2) is 9.18 Å². The first-order valence-corrected chi connectivity index (χ1v) is 6.77. The first-order chi connectivity index (χ1) is 11.5. The summed E-state index contributed by atoms with van der Waals surface area (Å²) in [6.07, 6.45) is 0. The number of rotatable bonds is 7. The minimum Gasteiger partial charge on any atom is -0.482 e. The van der Waals surface area contributed by atoms with Gasteiger partial charge in [0.1, 0.15) is 11.6 Å². The summed E-state index contributed by atoms with van der Waals surface area (Å²) >= 11 is 0. The zero-order chi connectivity index (χ0) is 17.5. The average Bonchev–Trinajstić information content (AvgIpc) is 2.58. The normalized spacial score (nSPS) is 10.0. The lowest BCUT2D eigenvalue weighted by molar-refractivity contribution is -0.384. The van der Waals surface area contributed by atoms with Crippen LogP contribution in [0.5, 0.6) is 5.75 Å². The summed E-state index contributed by atoms with van der Waals surface area (Å²) < 4.78 is 22.6. The number of ketones is 1. The standard InChI is InChI=1S/C16H12FNO6/c17-12-3-1-11(2-4-12)15(19)9-24-16(20)10-23-14-7-5-13(6-8-14)18(21)22/h1-8H,9-10H2. The van der Waals surface area contributed by atoms with Gasteiger partial charge in [0.2, 0.25) is 0 Å². The monoisotopic (exact) mass is 333 g/mol. The number of benzene rings is 2. The number of ether oxygens (including phenoxy) is 2. The molecule has 0 amide bonds. The first-order valence-electron chi connectivity index (χ1n) is 6.77. The number of carbonyl (C=O) groups is 2. The Morgan fingerprint density at radius 1 is 1.00 bits per heavy atom. The van der Waals surface area contributed by atoms with Crippen molar-refractivity contribution in [2.24, 2.45) is 0 Å². The molecule has 0 aliphatic rings. The quantitative estimate of drug-likeness (QED) is 0.334. The molecule has 24 heavy (non-hydrogen) atoms. The van der Waals surface area contributed by atoms with Crippen LogP contribution in [0.3, 0.4) is 0 Å². The summed E-state index contributed by atoms with van der Waals surface area (Å²) in [5, 5.41) is 10.5. The summed E-state index contributed by atoms with van der Waals surface area (Å²) in [4.78, 5) is 33.2. The molecule has 0 atom stereocenters. The fourth-order valence-corrected chi connectivity index (χ4v) is 1.71. The Morgan fingerprint density at radius 2 is 1.62 bits per heavy atom. The van der Waals surface area contributed by atoms with E-state index in [4.69, 9.17) is 9.47 Å². The second-order valence-corrected chi connectivity index (χ2v) is 4.63. The third-order valence-electron chi connectivity index (χ3n) is 2.93. The highest BCUT2D eigenvalue weighted by molar-refractivity contribution is 5.97. The summed E-state index contributed by atoms with van der Waals surface area (Å²) in [7, 11) is 0. The Balaban J connectivity index is 1.77. The second-order valence-electron chi connectivity index (χ2n) is 4.63. The van der Waals surface area contributed by atoms with Crippen molar-refractivity contribution in [2.75, 3.05) is 13.2 Å². The van der Waals surface area contributed by atoms with Crippen LogP contribution in [0.1, 0.15) is 10.4 Å². The molecule has 0 heterocycles. The molecule has 0 saturated carbocycles. The highest BCUT2D eigenvalue weighted by atomic mass is 19.1. The molecule has 0 saturated heterocycles. The van der Waals surface area contributed by atoms with Crippen LogP contribution >= 0.6 is 0 Å². The van der Waals surface area contributed by atoms with Crippen molar-refractivity contribution in [3.8, 4) is 5.75 Å². The van der Waals surface area contributed by atoms with Gasteiger partial charge < -0.3 is 9.47 Å². The van der Waals surface area contributed by atoms with Gasteiger partial charge in [0.15, 0.2) is 19.0 Å². The van der Waals surface area contributed by atoms with E-state index in [2.05, 4.69) is 0 Å². The van der Waals surface area contributed by atoms with Crippen molar-refractivity contribution in [3.63, 3.8) is 0 Å². The Labute approximate surface area is 135 Å². The van der Waals surface area contributed by atoms with Gasteiger partial charge in [0.05, 0.1) is 4.92 Å². The third-order valence-corrected chi connectivity index (χ3v) is 2.93. The average molecular weight is 333 g/mol. The number of nitrogens with zero attached hydrogens (tertiary/aromatic N) is 1. The van der Waals surface area contributed by atoms with Crippen molar-refractivity contribution < 1.29 is 28.4 Å². The fourth-order valence-electron chi connectivity index (χ4n) is 1.71. The molecule has 0 radical (unpaired) electrons. The molecule has 2 rings (SSSR count). The molecule has 2 aromatic rings. The Morgan fingerprint density at radius 3 is 2.21 bits per heavy atom. The van der Waals surface area contributed by atoms with Crippen molar-refractivity contribution in [1.82, 2.24) is 0 Å². The van der Waals surface area contributed by atoms with Crippen molar-refractivity contribution >= 4 is 17.4 Å². The number of esters is 1. The number of hydrogen-bond donors (Lipinski definition) is 0. The van der Waals surface area contributed by atoms with E-state index >= 15 is 0 Å². The van der Waals surface area contributed by atoms with Crippen LogP contribution in [0.4, 0.5) is 10.1 Å². The number of nitro groups is 1. The van der Waals surface area contributed by atoms with E-state index in [-0.39, 0.29) is 17.0 Å². The minimum absolute atomic E-state index is 0.102. The summed E-state index contributed by atoms with van der Waals surface area (Å²) in [6.45, 7) is -0.942. The van der Waals surface area contributed by atoms with Gasteiger partial charge in [0, 0.05) is 17.7 Å². The van der Waals surface area contributed by atoms with Crippen LogP contribution in [-0.2, 0) is 9.53 Å². The van der Waals surface area contributed by atoms with E-state index in [1.807, 2.05) is 0 Å². The van der Waals surface area contributed by atoms with Crippen molar-refractivity contribution in [3.05, 3.63) is 70.0 Å². The lowest BCUT2D eigenvalue weighted by Gasteiger charge is -2.06. The smallest absolute Gasteiger partial charge is 0.344 e. The number of Topliss-reactive ketones (excluding diaryl/α,β-unsaturated/α-hetero) is 1. The SMILES string of the molecule is O=C(COc1ccc([N+](=O)[O-])cc1)OCC(=O)c1ccc(F)cc1. The number of halogens is 1. The Bertz CT molecular complexity index is 742. The lowest BCUT2D eigenvalue weighted by Crippen LogP contribution is -2.19. The maximum absolute atomic E-state index is 12.7. The van der Waals surface area contributed by atoms with Crippen LogP contribution in [0.2, 0.25) is 0 Å². The molecule has 2 aromatic carbocycles. The molecule has 8 heteroatoms. The van der Waals surface area contributed by atoms with E-state index in [1.165, 1.54) is 36.4 Å². The largest absolute Gasteiger partial charge is 0.482 e. The van der Waals surface area contributed by atoms with Crippen LogP contribution in [-0.4, -0.2) is 29.9 Å². The van der Waals surface area contributed by atoms with Crippen LogP contribution in [0, 0.1) is 15.9 Å². The highest BCUT2D eigenvalue weighted by Gasteiger charge is 2.11. The molecule has 0 aromatic heterocycles. The second kappa shape index (κ2) is 7.82. The van der Waals surface area contributed by atoms with Crippen molar-refractivity contribution in [2.45, 2.75) is 0 Å². The zero-order valence-electron chi connectivity index (χ0n) is 12.3. The molecule has 0 spiro atoms. The van der Waals surface area contributed by atoms with Gasteiger partial charge in [-0.15, -0.1) is 0 Å². The van der Waals surface area contributed by atoms with Gasteiger partial charge in [-0.3, -0.25) is 14.9 Å². The van der Waals surface area contributed by atoms with E-state index in [0.717, 1.165) is 12.1 Å². The van der Waals surface area contributed by atoms with E-state index < -0.39 is 35.7 Å². The highest BCUT2D eigenvalue weighted by Crippen LogP contribution is 2.17.